The fourth-order valence-corrected chi connectivity index (χ4v) is 1.75. The van der Waals surface area contributed by atoms with Gasteiger partial charge in [-0.25, -0.2) is 4.79 Å². The Hall–Kier alpha value is -2.21. The van der Waals surface area contributed by atoms with Crippen LogP contribution in [-0.2, 0) is 9.53 Å². The summed E-state index contributed by atoms with van der Waals surface area (Å²) in [6.07, 6.45) is 8.14. The van der Waals surface area contributed by atoms with E-state index in [1.807, 2.05) is 0 Å². The molecule has 6 heteroatoms. The van der Waals surface area contributed by atoms with E-state index in [4.69, 9.17) is 9.84 Å². The van der Waals surface area contributed by atoms with Gasteiger partial charge in [0.1, 0.15) is 0 Å². The molecule has 0 atom stereocenters. The van der Waals surface area contributed by atoms with Gasteiger partial charge in [0.05, 0.1) is 0 Å². The van der Waals surface area contributed by atoms with E-state index in [0.717, 1.165) is 31.9 Å². The smallest absolute Gasteiger partial charge is 0.328 e. The average molecular weight is 292 g/mol. The molecular formula is C15H20N2O4. The number of pyridine rings is 1. The molecule has 0 bridgehead atoms. The molecule has 6 nitrogen and oxygen atoms in total. The lowest BCUT2D eigenvalue weighted by molar-refractivity contribution is -0.131. The van der Waals surface area contributed by atoms with E-state index in [1.54, 1.807) is 13.2 Å². The summed E-state index contributed by atoms with van der Waals surface area (Å²) >= 11 is 0. The minimum absolute atomic E-state index is 0.228. The topological polar surface area (TPSA) is 88.5 Å². The lowest BCUT2D eigenvalue weighted by Crippen LogP contribution is -2.25. The summed E-state index contributed by atoms with van der Waals surface area (Å²) in [6, 6.07) is 1.57. The van der Waals surface area contributed by atoms with Crippen molar-refractivity contribution in [2.24, 2.45) is 0 Å². The molecule has 0 unspecified atom stereocenters. The second-order valence-corrected chi connectivity index (χ2v) is 4.44. The van der Waals surface area contributed by atoms with Crippen molar-refractivity contribution in [3.63, 3.8) is 0 Å². The maximum absolute atomic E-state index is 12.1. The van der Waals surface area contributed by atoms with E-state index in [1.165, 1.54) is 18.5 Å². The monoisotopic (exact) mass is 292 g/mol. The molecule has 114 valence electrons. The maximum Gasteiger partial charge on any atom is 0.328 e. The number of rotatable bonds is 9. The number of methoxy groups -OCH3 is 1. The van der Waals surface area contributed by atoms with Gasteiger partial charge in [-0.2, -0.15) is 0 Å². The number of aromatic nitrogens is 1. The summed E-state index contributed by atoms with van der Waals surface area (Å²) in [4.78, 5) is 26.5. The van der Waals surface area contributed by atoms with Crippen LogP contribution < -0.4 is 5.32 Å². The molecule has 1 rings (SSSR count). The predicted molar refractivity (Wildman–Crippen MR) is 79.0 cm³/mol. The molecule has 0 saturated carbocycles. The standard InChI is InChI=1S/C15H20N2O4/c1-21-10-4-2-3-8-17-15(20)13-7-9-16-11-12(13)5-6-14(18)19/h5-7,9,11H,2-4,8,10H2,1H3,(H,17,20)(H,18,19)/b6-5+. The van der Waals surface area contributed by atoms with Gasteiger partial charge in [-0.05, 0) is 31.4 Å². The number of carboxylic acids is 1. The first-order valence-electron chi connectivity index (χ1n) is 6.77. The van der Waals surface area contributed by atoms with Crippen molar-refractivity contribution >= 4 is 18.0 Å². The molecule has 1 heterocycles. The van der Waals surface area contributed by atoms with Gasteiger partial charge in [0, 0.05) is 49.9 Å². The highest BCUT2D eigenvalue weighted by Crippen LogP contribution is 2.09. The summed E-state index contributed by atoms with van der Waals surface area (Å²) in [7, 11) is 1.66. The largest absolute Gasteiger partial charge is 0.478 e. The van der Waals surface area contributed by atoms with Crippen LogP contribution in [0.4, 0.5) is 0 Å². The Kier molecular flexibility index (Phi) is 7.74. The second kappa shape index (κ2) is 9.66. The van der Waals surface area contributed by atoms with E-state index in [9.17, 15) is 9.59 Å². The number of ether oxygens (including phenoxy) is 1. The van der Waals surface area contributed by atoms with E-state index in [-0.39, 0.29) is 5.91 Å². The summed E-state index contributed by atoms with van der Waals surface area (Å²) in [5, 5.41) is 11.4. The highest BCUT2D eigenvalue weighted by atomic mass is 16.5. The number of nitrogens with zero attached hydrogens (tertiary/aromatic N) is 1. The number of carboxylic acid groups (broad SMARTS) is 1. The van der Waals surface area contributed by atoms with Crippen molar-refractivity contribution in [1.29, 1.82) is 0 Å². The summed E-state index contributed by atoms with van der Waals surface area (Å²) in [6.45, 7) is 1.30. The quantitative estimate of drug-likeness (QED) is 0.534. The molecule has 0 spiro atoms. The molecule has 1 aromatic heterocycles. The van der Waals surface area contributed by atoms with Crippen molar-refractivity contribution in [1.82, 2.24) is 10.3 Å². The molecule has 0 radical (unpaired) electrons. The van der Waals surface area contributed by atoms with Gasteiger partial charge in [0.25, 0.3) is 5.91 Å². The van der Waals surface area contributed by atoms with E-state index in [0.29, 0.717) is 17.7 Å². The molecule has 0 aliphatic carbocycles. The zero-order valence-electron chi connectivity index (χ0n) is 12.0. The van der Waals surface area contributed by atoms with Crippen molar-refractivity contribution in [3.8, 4) is 0 Å². The van der Waals surface area contributed by atoms with E-state index in [2.05, 4.69) is 10.3 Å². The maximum atomic E-state index is 12.1. The Morgan fingerprint density at radius 3 is 2.90 bits per heavy atom. The molecule has 0 fully saturated rings. The Labute approximate surface area is 123 Å². The fourth-order valence-electron chi connectivity index (χ4n) is 1.75. The molecule has 0 aromatic carbocycles. The van der Waals surface area contributed by atoms with Crippen molar-refractivity contribution in [2.75, 3.05) is 20.3 Å². The zero-order valence-corrected chi connectivity index (χ0v) is 12.0. The highest BCUT2D eigenvalue weighted by Gasteiger charge is 2.09. The molecule has 21 heavy (non-hydrogen) atoms. The number of amides is 1. The fraction of sp³-hybridized carbons (Fsp3) is 0.400. The van der Waals surface area contributed by atoms with Gasteiger partial charge >= 0.3 is 5.97 Å². The van der Waals surface area contributed by atoms with Crippen molar-refractivity contribution in [2.45, 2.75) is 19.3 Å². The minimum atomic E-state index is -1.07. The lowest BCUT2D eigenvalue weighted by atomic mass is 10.1. The van der Waals surface area contributed by atoms with Crippen LogP contribution in [0.1, 0.15) is 35.2 Å². The van der Waals surface area contributed by atoms with Crippen LogP contribution in [0.15, 0.2) is 24.5 Å². The SMILES string of the molecule is COCCCCCNC(=O)c1ccncc1/C=C/C(=O)O. The summed E-state index contributed by atoms with van der Waals surface area (Å²) in [5.41, 5.74) is 0.899. The Balaban J connectivity index is 2.52. The number of carbonyl (C=O) groups is 2. The molecule has 2 N–H and O–H groups in total. The van der Waals surface area contributed by atoms with Gasteiger partial charge in [-0.15, -0.1) is 0 Å². The van der Waals surface area contributed by atoms with Crippen LogP contribution in [0.25, 0.3) is 6.08 Å². The van der Waals surface area contributed by atoms with Gasteiger partial charge < -0.3 is 15.2 Å². The Bertz CT molecular complexity index is 500. The third-order valence-corrected chi connectivity index (χ3v) is 2.81. The second-order valence-electron chi connectivity index (χ2n) is 4.44. The van der Waals surface area contributed by atoms with E-state index >= 15 is 0 Å². The number of nitrogens with one attached hydrogen (secondary N) is 1. The number of hydrogen-bond donors (Lipinski definition) is 2. The van der Waals surface area contributed by atoms with Crippen LogP contribution in [0.3, 0.4) is 0 Å². The number of hydrogen-bond acceptors (Lipinski definition) is 4. The predicted octanol–water partition coefficient (Wildman–Crippen LogP) is 1.73. The first kappa shape index (κ1) is 16.8. The van der Waals surface area contributed by atoms with Gasteiger partial charge in [0.2, 0.25) is 0 Å². The van der Waals surface area contributed by atoms with Crippen LogP contribution in [0, 0.1) is 0 Å². The first-order chi connectivity index (χ1) is 10.1. The van der Waals surface area contributed by atoms with Gasteiger partial charge in [-0.1, -0.05) is 0 Å². The van der Waals surface area contributed by atoms with Crippen LogP contribution in [0.5, 0.6) is 0 Å². The van der Waals surface area contributed by atoms with Gasteiger partial charge in [0.15, 0.2) is 0 Å². The molecule has 0 aliphatic rings. The first-order valence-corrected chi connectivity index (χ1v) is 6.77. The zero-order chi connectivity index (χ0) is 15.5. The Morgan fingerprint density at radius 2 is 2.19 bits per heavy atom. The highest BCUT2D eigenvalue weighted by molar-refractivity contribution is 5.98. The summed E-state index contributed by atoms with van der Waals surface area (Å²) < 4.78 is 4.95. The minimum Gasteiger partial charge on any atom is -0.478 e. The average Bonchev–Trinajstić information content (AvgIpc) is 2.48. The van der Waals surface area contributed by atoms with Crippen LogP contribution >= 0.6 is 0 Å². The van der Waals surface area contributed by atoms with Crippen LogP contribution in [0.2, 0.25) is 0 Å². The van der Waals surface area contributed by atoms with Crippen molar-refractivity contribution < 1.29 is 19.4 Å². The molecule has 1 amide bonds. The Morgan fingerprint density at radius 1 is 1.38 bits per heavy atom. The molecule has 0 aliphatic heterocycles. The number of carbonyl (C=O) groups excluding carboxylic acids is 1. The molecule has 1 aromatic rings. The van der Waals surface area contributed by atoms with Gasteiger partial charge in [-0.3, -0.25) is 9.78 Å². The third-order valence-electron chi connectivity index (χ3n) is 2.81. The lowest BCUT2D eigenvalue weighted by Gasteiger charge is -2.07. The summed E-state index contributed by atoms with van der Waals surface area (Å²) in [5.74, 6) is -1.29. The third kappa shape index (κ3) is 6.67. The molecule has 0 saturated heterocycles. The van der Waals surface area contributed by atoms with E-state index < -0.39 is 5.97 Å². The normalized spacial score (nSPS) is 10.7. The molecular weight excluding hydrogens is 272 g/mol. The van der Waals surface area contributed by atoms with Crippen molar-refractivity contribution in [3.05, 3.63) is 35.7 Å². The number of unbranched alkanes of at least 4 members (excludes halogenated alkanes) is 2. The number of aliphatic carboxylic acids is 1. The van der Waals surface area contributed by atoms with Crippen LogP contribution in [-0.4, -0.2) is 42.2 Å².